The maximum Gasteiger partial charge on any atom is 0.230 e. The third-order valence-corrected chi connectivity index (χ3v) is 6.11. The summed E-state index contributed by atoms with van der Waals surface area (Å²) in [5.74, 6) is 0.915. The van der Waals surface area contributed by atoms with Crippen molar-refractivity contribution in [2.45, 2.75) is 46.1 Å². The SMILES string of the molecule is CN=C(NCc1c(C)nn(-c2ccccc2)c1C)NCC1(C(=O)N(C)C)CCCC1. The number of rotatable bonds is 6. The lowest BCUT2D eigenvalue weighted by Crippen LogP contribution is -2.49. The number of nitrogens with zero attached hydrogens (tertiary/aromatic N) is 4. The van der Waals surface area contributed by atoms with Gasteiger partial charge in [-0.15, -0.1) is 0 Å². The molecule has 1 heterocycles. The van der Waals surface area contributed by atoms with Crippen LogP contribution in [0, 0.1) is 19.3 Å². The zero-order valence-electron chi connectivity index (χ0n) is 18.8. The molecule has 1 amide bonds. The molecule has 0 spiro atoms. The fourth-order valence-corrected chi connectivity index (χ4v) is 4.39. The van der Waals surface area contributed by atoms with E-state index in [0.717, 1.165) is 48.3 Å². The van der Waals surface area contributed by atoms with Crippen LogP contribution in [0.25, 0.3) is 5.69 Å². The Morgan fingerprint density at radius 1 is 1.17 bits per heavy atom. The molecular weight excluding hydrogens is 376 g/mol. The molecule has 162 valence electrons. The molecule has 7 heteroatoms. The van der Waals surface area contributed by atoms with Gasteiger partial charge in [-0.2, -0.15) is 5.10 Å². The number of amides is 1. The Balaban J connectivity index is 1.66. The molecule has 1 aliphatic carbocycles. The predicted molar refractivity (Wildman–Crippen MR) is 121 cm³/mol. The molecule has 30 heavy (non-hydrogen) atoms. The van der Waals surface area contributed by atoms with Gasteiger partial charge in [0.05, 0.1) is 16.8 Å². The van der Waals surface area contributed by atoms with Gasteiger partial charge in [0.15, 0.2) is 5.96 Å². The van der Waals surface area contributed by atoms with Crippen molar-refractivity contribution in [3.63, 3.8) is 0 Å². The van der Waals surface area contributed by atoms with Crippen LogP contribution in [0.3, 0.4) is 0 Å². The van der Waals surface area contributed by atoms with E-state index in [1.807, 2.05) is 43.9 Å². The first-order chi connectivity index (χ1) is 14.4. The molecule has 0 aliphatic heterocycles. The van der Waals surface area contributed by atoms with E-state index in [1.54, 1.807) is 11.9 Å². The molecule has 2 aromatic rings. The fraction of sp³-hybridized carbons (Fsp3) is 0.522. The second kappa shape index (κ2) is 9.32. The number of aromatic nitrogens is 2. The monoisotopic (exact) mass is 410 g/mol. The minimum atomic E-state index is -0.328. The van der Waals surface area contributed by atoms with Crippen LogP contribution in [-0.2, 0) is 11.3 Å². The minimum absolute atomic E-state index is 0.207. The van der Waals surface area contributed by atoms with Gasteiger partial charge in [0.1, 0.15) is 0 Å². The number of hydrogen-bond donors (Lipinski definition) is 2. The molecule has 1 aromatic heterocycles. The number of hydrogen-bond acceptors (Lipinski definition) is 3. The Kier molecular flexibility index (Phi) is 6.80. The van der Waals surface area contributed by atoms with Gasteiger partial charge >= 0.3 is 0 Å². The molecule has 0 saturated heterocycles. The van der Waals surface area contributed by atoms with Crippen molar-refractivity contribution in [1.82, 2.24) is 25.3 Å². The molecule has 0 bridgehead atoms. The van der Waals surface area contributed by atoms with Crippen LogP contribution in [0.4, 0.5) is 0 Å². The standard InChI is InChI=1S/C23H34N6O/c1-17-20(18(2)29(27-17)19-11-7-6-8-12-19)15-25-22(24-3)26-16-23(13-9-10-14-23)21(30)28(4)5/h6-8,11-12H,9-10,13-16H2,1-5H3,(H2,24,25,26). The summed E-state index contributed by atoms with van der Waals surface area (Å²) < 4.78 is 1.98. The van der Waals surface area contributed by atoms with Gasteiger partial charge in [-0.25, -0.2) is 4.68 Å². The summed E-state index contributed by atoms with van der Waals surface area (Å²) in [6, 6.07) is 10.2. The fourth-order valence-electron chi connectivity index (χ4n) is 4.39. The number of para-hydroxylation sites is 1. The maximum absolute atomic E-state index is 12.8. The lowest BCUT2D eigenvalue weighted by Gasteiger charge is -2.31. The van der Waals surface area contributed by atoms with E-state index in [0.29, 0.717) is 19.0 Å². The number of nitrogens with one attached hydrogen (secondary N) is 2. The Hall–Kier alpha value is -2.83. The summed E-state index contributed by atoms with van der Waals surface area (Å²) >= 11 is 0. The van der Waals surface area contributed by atoms with Crippen molar-refractivity contribution in [1.29, 1.82) is 0 Å². The van der Waals surface area contributed by atoms with Crippen LogP contribution in [0.1, 0.15) is 42.6 Å². The first-order valence-electron chi connectivity index (χ1n) is 10.6. The van der Waals surface area contributed by atoms with Crippen molar-refractivity contribution < 1.29 is 4.79 Å². The molecule has 1 saturated carbocycles. The van der Waals surface area contributed by atoms with Gasteiger partial charge in [0, 0.05) is 45.5 Å². The maximum atomic E-state index is 12.8. The zero-order valence-corrected chi connectivity index (χ0v) is 18.8. The van der Waals surface area contributed by atoms with Gasteiger partial charge in [-0.3, -0.25) is 9.79 Å². The Morgan fingerprint density at radius 3 is 2.43 bits per heavy atom. The normalized spacial score (nSPS) is 15.8. The molecule has 2 N–H and O–H groups in total. The highest BCUT2D eigenvalue weighted by molar-refractivity contribution is 5.85. The topological polar surface area (TPSA) is 74.5 Å². The summed E-state index contributed by atoms with van der Waals surface area (Å²) in [6.07, 6.45) is 4.06. The number of benzene rings is 1. The molecule has 1 fully saturated rings. The van der Waals surface area contributed by atoms with Crippen LogP contribution in [0.5, 0.6) is 0 Å². The van der Waals surface area contributed by atoms with Gasteiger partial charge in [0.25, 0.3) is 0 Å². The molecule has 0 unspecified atom stereocenters. The van der Waals surface area contributed by atoms with E-state index in [-0.39, 0.29) is 11.3 Å². The number of aliphatic imine (C=N–C) groups is 1. The van der Waals surface area contributed by atoms with Crippen molar-refractivity contribution >= 4 is 11.9 Å². The summed E-state index contributed by atoms with van der Waals surface area (Å²) in [5, 5.41) is 11.5. The Bertz CT molecular complexity index is 894. The second-order valence-corrected chi connectivity index (χ2v) is 8.36. The smallest absolute Gasteiger partial charge is 0.230 e. The van der Waals surface area contributed by atoms with Crippen molar-refractivity contribution in [3.05, 3.63) is 47.3 Å². The highest BCUT2D eigenvalue weighted by Gasteiger charge is 2.42. The van der Waals surface area contributed by atoms with E-state index < -0.39 is 0 Å². The summed E-state index contributed by atoms with van der Waals surface area (Å²) in [5.41, 5.74) is 3.98. The van der Waals surface area contributed by atoms with Crippen molar-refractivity contribution in [3.8, 4) is 5.69 Å². The van der Waals surface area contributed by atoms with E-state index in [4.69, 9.17) is 5.10 Å². The van der Waals surface area contributed by atoms with Crippen LogP contribution in [0.15, 0.2) is 35.3 Å². The number of carbonyl (C=O) groups is 1. The first kappa shape index (κ1) is 21.9. The van der Waals surface area contributed by atoms with Gasteiger partial charge in [0.2, 0.25) is 5.91 Å². The number of carbonyl (C=O) groups excluding carboxylic acids is 1. The highest BCUT2D eigenvalue weighted by atomic mass is 16.2. The van der Waals surface area contributed by atoms with Gasteiger partial charge in [-0.05, 0) is 38.8 Å². The van der Waals surface area contributed by atoms with Crippen LogP contribution in [0.2, 0.25) is 0 Å². The summed E-state index contributed by atoms with van der Waals surface area (Å²) in [4.78, 5) is 18.9. The molecule has 0 radical (unpaired) electrons. The van der Waals surface area contributed by atoms with E-state index in [1.165, 1.54) is 0 Å². The quantitative estimate of drug-likeness (QED) is 0.567. The molecule has 1 aliphatic rings. The molecule has 7 nitrogen and oxygen atoms in total. The molecular formula is C23H34N6O. The van der Waals surface area contributed by atoms with Crippen LogP contribution >= 0.6 is 0 Å². The number of aryl methyl sites for hydroxylation is 1. The van der Waals surface area contributed by atoms with Crippen LogP contribution < -0.4 is 10.6 Å². The van der Waals surface area contributed by atoms with Gasteiger partial charge < -0.3 is 15.5 Å². The first-order valence-corrected chi connectivity index (χ1v) is 10.6. The summed E-state index contributed by atoms with van der Waals surface area (Å²) in [7, 11) is 5.44. The second-order valence-electron chi connectivity index (χ2n) is 8.36. The van der Waals surface area contributed by atoms with Gasteiger partial charge in [-0.1, -0.05) is 31.0 Å². The predicted octanol–water partition coefficient (Wildman–Crippen LogP) is 2.80. The van der Waals surface area contributed by atoms with Crippen LogP contribution in [-0.4, -0.2) is 54.2 Å². The third-order valence-electron chi connectivity index (χ3n) is 6.11. The summed E-state index contributed by atoms with van der Waals surface area (Å²) in [6.45, 7) is 5.34. The molecule has 1 aromatic carbocycles. The van der Waals surface area contributed by atoms with Crippen molar-refractivity contribution in [2.24, 2.45) is 10.4 Å². The Morgan fingerprint density at radius 2 is 1.83 bits per heavy atom. The number of guanidine groups is 1. The highest BCUT2D eigenvalue weighted by Crippen LogP contribution is 2.38. The Labute approximate surface area is 179 Å². The minimum Gasteiger partial charge on any atom is -0.355 e. The average molecular weight is 411 g/mol. The molecule has 3 rings (SSSR count). The lowest BCUT2D eigenvalue weighted by atomic mass is 9.84. The zero-order chi connectivity index (χ0) is 21.7. The van der Waals surface area contributed by atoms with E-state index in [9.17, 15) is 4.79 Å². The van der Waals surface area contributed by atoms with E-state index >= 15 is 0 Å². The lowest BCUT2D eigenvalue weighted by molar-refractivity contribution is -0.138. The molecule has 0 atom stereocenters. The van der Waals surface area contributed by atoms with E-state index in [2.05, 4.69) is 34.7 Å². The largest absolute Gasteiger partial charge is 0.355 e. The van der Waals surface area contributed by atoms with Crippen molar-refractivity contribution in [2.75, 3.05) is 27.7 Å². The average Bonchev–Trinajstić information content (AvgIpc) is 3.34. The third kappa shape index (κ3) is 4.50.